The molecule has 6 heteroatoms. The molecule has 0 amide bonds. The van der Waals surface area contributed by atoms with E-state index >= 15 is 0 Å². The summed E-state index contributed by atoms with van der Waals surface area (Å²) in [7, 11) is 0. The van der Waals surface area contributed by atoms with Gasteiger partial charge in [-0.15, -0.1) is 0 Å². The molecule has 0 fully saturated rings. The molecule has 0 spiro atoms. The summed E-state index contributed by atoms with van der Waals surface area (Å²) < 4.78 is 16.8. The molecule has 63 heavy (non-hydrogen) atoms. The molecule has 0 rings (SSSR count). The Morgan fingerprint density at radius 3 is 0.968 bits per heavy atom. The van der Waals surface area contributed by atoms with Crippen LogP contribution in [0.1, 0.15) is 290 Å². The second-order valence-corrected chi connectivity index (χ2v) is 18.5. The Hall–Kier alpha value is -2.37. The summed E-state index contributed by atoms with van der Waals surface area (Å²) in [5.74, 6) is -0.888. The van der Waals surface area contributed by atoms with Crippen LogP contribution in [0.3, 0.4) is 0 Å². The molecule has 0 saturated heterocycles. The molecule has 0 aromatic carbocycles. The van der Waals surface area contributed by atoms with Crippen molar-refractivity contribution in [3.8, 4) is 0 Å². The van der Waals surface area contributed by atoms with Gasteiger partial charge < -0.3 is 14.2 Å². The lowest BCUT2D eigenvalue weighted by molar-refractivity contribution is -0.167. The summed E-state index contributed by atoms with van der Waals surface area (Å²) in [5.41, 5.74) is 0. The standard InChI is InChI=1S/C57H104O6/c1-4-7-10-13-16-19-22-25-27-28-29-30-31-33-35-38-41-44-47-50-56(59)62-53-54(52-61-55(58)49-46-43-40-37-34-24-21-18-15-12-9-6-3)63-57(60)51-48-45-42-39-36-32-26-23-20-17-14-11-8-5-2/h14,17-18,21,23,26,54H,4-13,15-16,19-20,22,24-25,27-53H2,1-3H3/b17-14-,21-18-,26-23-/t54-/m1/s1. The van der Waals surface area contributed by atoms with Crippen molar-refractivity contribution in [2.24, 2.45) is 0 Å². The average Bonchev–Trinajstić information content (AvgIpc) is 3.28. The maximum atomic E-state index is 12.8. The first-order chi connectivity index (χ1) is 31.0. The highest BCUT2D eigenvalue weighted by atomic mass is 16.6. The van der Waals surface area contributed by atoms with Crippen molar-refractivity contribution in [3.05, 3.63) is 36.5 Å². The maximum Gasteiger partial charge on any atom is 0.306 e. The lowest BCUT2D eigenvalue weighted by Crippen LogP contribution is -2.30. The van der Waals surface area contributed by atoms with Crippen LogP contribution in [0, 0.1) is 0 Å². The van der Waals surface area contributed by atoms with E-state index in [0.717, 1.165) is 89.9 Å². The first-order valence-corrected chi connectivity index (χ1v) is 27.5. The molecule has 6 nitrogen and oxygen atoms in total. The zero-order valence-electron chi connectivity index (χ0n) is 42.1. The van der Waals surface area contributed by atoms with Gasteiger partial charge >= 0.3 is 17.9 Å². The van der Waals surface area contributed by atoms with Crippen molar-refractivity contribution in [2.75, 3.05) is 13.2 Å². The number of carbonyl (C=O) groups excluding carboxylic acids is 3. The first-order valence-electron chi connectivity index (χ1n) is 27.5. The molecule has 0 saturated carbocycles. The molecule has 0 unspecified atom stereocenters. The molecule has 0 aromatic rings. The van der Waals surface area contributed by atoms with Gasteiger partial charge in [0.05, 0.1) is 0 Å². The van der Waals surface area contributed by atoms with Crippen LogP contribution >= 0.6 is 0 Å². The number of hydrogen-bond donors (Lipinski definition) is 0. The normalized spacial score (nSPS) is 12.2. The third-order valence-electron chi connectivity index (χ3n) is 12.1. The van der Waals surface area contributed by atoms with Gasteiger partial charge in [-0.1, -0.05) is 237 Å². The Labute approximate surface area is 391 Å². The SMILES string of the molecule is CCCC/C=C\C/C=C\CCCCCCCC(=O)O[C@H](COC(=O)CCCCCCC/C=C\CCCCC)COC(=O)CCCCCCCCCCCCCCCCCCCCC. The molecule has 0 bridgehead atoms. The van der Waals surface area contributed by atoms with E-state index in [1.807, 2.05) is 0 Å². The molecule has 0 heterocycles. The van der Waals surface area contributed by atoms with Crippen molar-refractivity contribution in [2.45, 2.75) is 297 Å². The van der Waals surface area contributed by atoms with Gasteiger partial charge in [0, 0.05) is 19.3 Å². The van der Waals surface area contributed by atoms with E-state index in [9.17, 15) is 14.4 Å². The minimum absolute atomic E-state index is 0.0773. The first kappa shape index (κ1) is 60.6. The van der Waals surface area contributed by atoms with Crippen LogP contribution < -0.4 is 0 Å². The summed E-state index contributed by atoms with van der Waals surface area (Å²) in [4.78, 5) is 38.0. The Kier molecular flexibility index (Phi) is 50.3. The minimum atomic E-state index is -0.779. The molecule has 368 valence electrons. The fraction of sp³-hybridized carbons (Fsp3) is 0.842. The van der Waals surface area contributed by atoms with Crippen LogP contribution in [0.4, 0.5) is 0 Å². The van der Waals surface area contributed by atoms with Gasteiger partial charge in [-0.05, 0) is 70.6 Å². The van der Waals surface area contributed by atoms with Crippen LogP contribution in [0.15, 0.2) is 36.5 Å². The fourth-order valence-electron chi connectivity index (χ4n) is 7.93. The number of carbonyl (C=O) groups is 3. The van der Waals surface area contributed by atoms with Crippen LogP contribution in [0.25, 0.3) is 0 Å². The second-order valence-electron chi connectivity index (χ2n) is 18.5. The summed E-state index contributed by atoms with van der Waals surface area (Å²) in [6.45, 7) is 6.59. The third kappa shape index (κ3) is 50.5. The van der Waals surface area contributed by atoms with Gasteiger partial charge in [0.1, 0.15) is 13.2 Å². The van der Waals surface area contributed by atoms with Gasteiger partial charge in [0.25, 0.3) is 0 Å². The van der Waals surface area contributed by atoms with E-state index in [0.29, 0.717) is 19.3 Å². The predicted octanol–water partition coefficient (Wildman–Crippen LogP) is 18.1. The molecular weight excluding hydrogens is 781 g/mol. The van der Waals surface area contributed by atoms with Gasteiger partial charge in [-0.25, -0.2) is 0 Å². The van der Waals surface area contributed by atoms with Crippen LogP contribution in [0.2, 0.25) is 0 Å². The van der Waals surface area contributed by atoms with E-state index < -0.39 is 6.10 Å². The minimum Gasteiger partial charge on any atom is -0.462 e. The Balaban J connectivity index is 4.31. The zero-order chi connectivity index (χ0) is 45.8. The van der Waals surface area contributed by atoms with Crippen molar-refractivity contribution in [1.82, 2.24) is 0 Å². The van der Waals surface area contributed by atoms with Crippen LogP contribution in [0.5, 0.6) is 0 Å². The third-order valence-corrected chi connectivity index (χ3v) is 12.1. The largest absolute Gasteiger partial charge is 0.462 e. The molecule has 0 aliphatic heterocycles. The lowest BCUT2D eigenvalue weighted by Gasteiger charge is -2.18. The molecule has 0 aliphatic rings. The lowest BCUT2D eigenvalue weighted by atomic mass is 10.0. The second kappa shape index (κ2) is 52.3. The van der Waals surface area contributed by atoms with Gasteiger partial charge in [-0.2, -0.15) is 0 Å². The van der Waals surface area contributed by atoms with E-state index in [-0.39, 0.29) is 31.1 Å². The average molecular weight is 885 g/mol. The number of unbranched alkanes of at least 4 members (excludes halogenated alkanes) is 33. The van der Waals surface area contributed by atoms with Gasteiger partial charge in [0.15, 0.2) is 6.10 Å². The summed E-state index contributed by atoms with van der Waals surface area (Å²) in [6.07, 6.45) is 61.3. The molecule has 0 radical (unpaired) electrons. The quantitative estimate of drug-likeness (QED) is 0.0262. The monoisotopic (exact) mass is 885 g/mol. The zero-order valence-corrected chi connectivity index (χ0v) is 42.1. The van der Waals surface area contributed by atoms with E-state index in [2.05, 4.69) is 57.2 Å². The topological polar surface area (TPSA) is 78.9 Å². The van der Waals surface area contributed by atoms with Crippen LogP contribution in [-0.2, 0) is 28.6 Å². The van der Waals surface area contributed by atoms with E-state index in [1.54, 1.807) is 0 Å². The number of hydrogen-bond acceptors (Lipinski definition) is 6. The van der Waals surface area contributed by atoms with Crippen LogP contribution in [-0.4, -0.2) is 37.2 Å². The van der Waals surface area contributed by atoms with E-state index in [4.69, 9.17) is 14.2 Å². The molecule has 0 aromatic heterocycles. The number of allylic oxidation sites excluding steroid dienone is 6. The van der Waals surface area contributed by atoms with E-state index in [1.165, 1.54) is 161 Å². The number of esters is 3. The Morgan fingerprint density at radius 1 is 0.317 bits per heavy atom. The predicted molar refractivity (Wildman–Crippen MR) is 270 cm³/mol. The molecular formula is C57H104O6. The number of rotatable bonds is 50. The summed E-state index contributed by atoms with van der Waals surface area (Å²) in [6, 6.07) is 0. The summed E-state index contributed by atoms with van der Waals surface area (Å²) >= 11 is 0. The Morgan fingerprint density at radius 2 is 0.587 bits per heavy atom. The maximum absolute atomic E-state index is 12.8. The molecule has 0 aliphatic carbocycles. The number of ether oxygens (including phenoxy) is 3. The Bertz CT molecular complexity index is 1060. The van der Waals surface area contributed by atoms with Crippen molar-refractivity contribution in [3.63, 3.8) is 0 Å². The fourth-order valence-corrected chi connectivity index (χ4v) is 7.93. The van der Waals surface area contributed by atoms with Crippen molar-refractivity contribution >= 4 is 17.9 Å². The highest BCUT2D eigenvalue weighted by Gasteiger charge is 2.19. The van der Waals surface area contributed by atoms with Crippen molar-refractivity contribution < 1.29 is 28.6 Å². The smallest absolute Gasteiger partial charge is 0.306 e. The summed E-state index contributed by atoms with van der Waals surface area (Å²) in [5, 5.41) is 0. The van der Waals surface area contributed by atoms with Gasteiger partial charge in [0.2, 0.25) is 0 Å². The molecule has 0 N–H and O–H groups in total. The van der Waals surface area contributed by atoms with Gasteiger partial charge in [-0.3, -0.25) is 14.4 Å². The highest BCUT2D eigenvalue weighted by molar-refractivity contribution is 5.71. The highest BCUT2D eigenvalue weighted by Crippen LogP contribution is 2.16. The van der Waals surface area contributed by atoms with Crippen molar-refractivity contribution in [1.29, 1.82) is 0 Å². The molecule has 1 atom stereocenters.